The van der Waals surface area contributed by atoms with Crippen LogP contribution in [0.2, 0.25) is 15.3 Å². The summed E-state index contributed by atoms with van der Waals surface area (Å²) in [6, 6.07) is 5.91. The van der Waals surface area contributed by atoms with E-state index < -0.39 is 5.82 Å². The lowest BCUT2D eigenvalue weighted by Gasteiger charge is -2.03. The van der Waals surface area contributed by atoms with Crippen LogP contribution in [-0.4, -0.2) is 9.97 Å². The van der Waals surface area contributed by atoms with E-state index in [1.807, 2.05) is 0 Å². The van der Waals surface area contributed by atoms with Crippen LogP contribution >= 0.6 is 34.8 Å². The summed E-state index contributed by atoms with van der Waals surface area (Å²) in [5, 5.41) is 0.293. The molecule has 2 rings (SSSR count). The monoisotopic (exact) mass is 276 g/mol. The number of aromatic nitrogens is 2. The third kappa shape index (κ3) is 2.26. The Morgan fingerprint density at radius 3 is 2.25 bits per heavy atom. The van der Waals surface area contributed by atoms with Gasteiger partial charge in [-0.2, -0.15) is 0 Å². The predicted molar refractivity (Wildman–Crippen MR) is 62.5 cm³/mol. The van der Waals surface area contributed by atoms with Crippen molar-refractivity contribution in [3.63, 3.8) is 0 Å². The molecule has 0 saturated heterocycles. The highest BCUT2D eigenvalue weighted by atomic mass is 35.5. The molecule has 0 aliphatic carbocycles. The van der Waals surface area contributed by atoms with E-state index in [1.54, 1.807) is 6.07 Å². The first-order valence-electron chi connectivity index (χ1n) is 4.22. The highest BCUT2D eigenvalue weighted by Gasteiger charge is 2.12. The molecule has 1 heterocycles. The first-order valence-corrected chi connectivity index (χ1v) is 5.36. The molecule has 0 saturated carbocycles. The fourth-order valence-corrected chi connectivity index (χ4v) is 1.78. The number of nitrogens with zero attached hydrogens (tertiary/aromatic N) is 2. The Labute approximate surface area is 106 Å². The van der Waals surface area contributed by atoms with Crippen LogP contribution in [0, 0.1) is 5.82 Å². The largest absolute Gasteiger partial charge is 0.216 e. The molecule has 0 bridgehead atoms. The van der Waals surface area contributed by atoms with Gasteiger partial charge >= 0.3 is 0 Å². The van der Waals surface area contributed by atoms with Gasteiger partial charge in [0, 0.05) is 6.07 Å². The molecular formula is C10H4Cl3FN2. The van der Waals surface area contributed by atoms with Crippen LogP contribution in [0.15, 0.2) is 24.3 Å². The van der Waals surface area contributed by atoms with Crippen LogP contribution in [0.4, 0.5) is 4.39 Å². The molecule has 6 heteroatoms. The number of rotatable bonds is 1. The summed E-state index contributed by atoms with van der Waals surface area (Å²) in [6.45, 7) is 0. The van der Waals surface area contributed by atoms with Gasteiger partial charge in [-0.1, -0.05) is 40.9 Å². The maximum absolute atomic E-state index is 13.7. The molecule has 0 aliphatic rings. The Morgan fingerprint density at radius 1 is 1.00 bits per heavy atom. The van der Waals surface area contributed by atoms with E-state index in [9.17, 15) is 4.39 Å². The van der Waals surface area contributed by atoms with Gasteiger partial charge in [-0.25, -0.2) is 14.4 Å². The summed E-state index contributed by atoms with van der Waals surface area (Å²) in [4.78, 5) is 7.75. The summed E-state index contributed by atoms with van der Waals surface area (Å²) in [7, 11) is 0. The molecule has 0 amide bonds. The quantitative estimate of drug-likeness (QED) is 0.729. The summed E-state index contributed by atoms with van der Waals surface area (Å²) >= 11 is 17.0. The Morgan fingerprint density at radius 2 is 1.62 bits per heavy atom. The van der Waals surface area contributed by atoms with E-state index in [0.29, 0.717) is 0 Å². The van der Waals surface area contributed by atoms with E-state index in [2.05, 4.69) is 9.97 Å². The molecule has 2 aromatic rings. The van der Waals surface area contributed by atoms with Gasteiger partial charge in [-0.05, 0) is 12.1 Å². The minimum Gasteiger partial charge on any atom is -0.216 e. The standard InChI is InChI=1S/C10H4Cl3FN2/c11-6-3-1-2-5(9(6)14)10-15-7(12)4-8(13)16-10/h1-4H. The zero-order chi connectivity index (χ0) is 11.7. The lowest BCUT2D eigenvalue weighted by Crippen LogP contribution is -1.93. The molecule has 0 N–H and O–H groups in total. The highest BCUT2D eigenvalue weighted by molar-refractivity contribution is 6.33. The number of hydrogen-bond acceptors (Lipinski definition) is 2. The second-order valence-corrected chi connectivity index (χ2v) is 4.12. The SMILES string of the molecule is Fc1c(Cl)cccc1-c1nc(Cl)cc(Cl)n1. The van der Waals surface area contributed by atoms with Gasteiger partial charge in [-0.15, -0.1) is 0 Å². The van der Waals surface area contributed by atoms with E-state index in [0.717, 1.165) is 0 Å². The smallest absolute Gasteiger partial charge is 0.165 e. The first kappa shape index (κ1) is 11.6. The second kappa shape index (κ2) is 4.53. The summed E-state index contributed by atoms with van der Waals surface area (Å²) < 4.78 is 13.7. The Hall–Kier alpha value is -0.900. The Balaban J connectivity index is 2.63. The van der Waals surface area contributed by atoms with Gasteiger partial charge in [-0.3, -0.25) is 0 Å². The van der Waals surface area contributed by atoms with Gasteiger partial charge in [0.05, 0.1) is 10.6 Å². The van der Waals surface area contributed by atoms with E-state index in [-0.39, 0.29) is 26.7 Å². The maximum atomic E-state index is 13.7. The normalized spacial score (nSPS) is 10.5. The summed E-state index contributed by atoms with van der Waals surface area (Å²) in [5.41, 5.74) is 0.164. The zero-order valence-electron chi connectivity index (χ0n) is 7.72. The fraction of sp³-hybridized carbons (Fsp3) is 0. The van der Waals surface area contributed by atoms with Crippen molar-refractivity contribution in [2.24, 2.45) is 0 Å². The minimum atomic E-state index is -0.595. The molecule has 0 unspecified atom stereocenters. The van der Waals surface area contributed by atoms with E-state index in [1.165, 1.54) is 18.2 Å². The molecule has 1 aromatic carbocycles. The third-order valence-corrected chi connectivity index (χ3v) is 2.54. The highest BCUT2D eigenvalue weighted by Crippen LogP contribution is 2.26. The molecule has 0 atom stereocenters. The van der Waals surface area contributed by atoms with Crippen molar-refractivity contribution >= 4 is 34.8 Å². The Bertz CT molecular complexity index is 525. The van der Waals surface area contributed by atoms with Gasteiger partial charge in [0.15, 0.2) is 11.6 Å². The van der Waals surface area contributed by atoms with Crippen molar-refractivity contribution in [2.75, 3.05) is 0 Å². The molecule has 2 nitrogen and oxygen atoms in total. The molecule has 82 valence electrons. The lowest BCUT2D eigenvalue weighted by molar-refractivity contribution is 0.630. The zero-order valence-corrected chi connectivity index (χ0v) is 9.98. The van der Waals surface area contributed by atoms with Crippen molar-refractivity contribution in [1.82, 2.24) is 9.97 Å². The number of benzene rings is 1. The van der Waals surface area contributed by atoms with Crippen LogP contribution in [0.25, 0.3) is 11.4 Å². The minimum absolute atomic E-state index is 0.00259. The van der Waals surface area contributed by atoms with Crippen molar-refractivity contribution in [3.05, 3.63) is 45.4 Å². The molecule has 16 heavy (non-hydrogen) atoms. The van der Waals surface area contributed by atoms with Gasteiger partial charge in [0.2, 0.25) is 0 Å². The maximum Gasteiger partial charge on any atom is 0.165 e. The fourth-order valence-electron chi connectivity index (χ4n) is 1.19. The van der Waals surface area contributed by atoms with Gasteiger partial charge in [0.1, 0.15) is 10.3 Å². The van der Waals surface area contributed by atoms with E-state index in [4.69, 9.17) is 34.8 Å². The van der Waals surface area contributed by atoms with Crippen molar-refractivity contribution in [1.29, 1.82) is 0 Å². The number of hydrogen-bond donors (Lipinski definition) is 0. The molecule has 0 aliphatic heterocycles. The molecule has 1 aromatic heterocycles. The van der Waals surface area contributed by atoms with Gasteiger partial charge in [0.25, 0.3) is 0 Å². The summed E-state index contributed by atoms with van der Waals surface area (Å²) in [6.07, 6.45) is 0. The third-order valence-electron chi connectivity index (χ3n) is 1.86. The molecule has 0 spiro atoms. The predicted octanol–water partition coefficient (Wildman–Crippen LogP) is 4.24. The van der Waals surface area contributed by atoms with Crippen LogP contribution < -0.4 is 0 Å². The van der Waals surface area contributed by atoms with Crippen molar-refractivity contribution < 1.29 is 4.39 Å². The molecule has 0 radical (unpaired) electrons. The van der Waals surface area contributed by atoms with Crippen LogP contribution in [0.5, 0.6) is 0 Å². The van der Waals surface area contributed by atoms with Crippen molar-refractivity contribution in [2.45, 2.75) is 0 Å². The van der Waals surface area contributed by atoms with Crippen molar-refractivity contribution in [3.8, 4) is 11.4 Å². The molecular weight excluding hydrogens is 273 g/mol. The average molecular weight is 278 g/mol. The molecule has 0 fully saturated rings. The van der Waals surface area contributed by atoms with Gasteiger partial charge < -0.3 is 0 Å². The lowest BCUT2D eigenvalue weighted by atomic mass is 10.2. The second-order valence-electron chi connectivity index (χ2n) is 2.94. The first-order chi connectivity index (χ1) is 7.58. The average Bonchev–Trinajstić information content (AvgIpc) is 2.20. The Kier molecular flexibility index (Phi) is 3.28. The van der Waals surface area contributed by atoms with Crippen LogP contribution in [0.3, 0.4) is 0 Å². The van der Waals surface area contributed by atoms with Crippen LogP contribution in [-0.2, 0) is 0 Å². The number of halogens is 4. The summed E-state index contributed by atoms with van der Waals surface area (Å²) in [5.74, 6) is -0.486. The van der Waals surface area contributed by atoms with Crippen LogP contribution in [0.1, 0.15) is 0 Å². The topological polar surface area (TPSA) is 25.8 Å². The van der Waals surface area contributed by atoms with E-state index >= 15 is 0 Å².